The van der Waals surface area contributed by atoms with E-state index in [0.29, 0.717) is 37.0 Å². The lowest BCUT2D eigenvalue weighted by atomic mass is 10.2. The van der Waals surface area contributed by atoms with Crippen LogP contribution in [0.15, 0.2) is 30.3 Å². The van der Waals surface area contributed by atoms with Crippen molar-refractivity contribution in [1.29, 1.82) is 0 Å². The summed E-state index contributed by atoms with van der Waals surface area (Å²) in [6.45, 7) is 2.63. The summed E-state index contributed by atoms with van der Waals surface area (Å²) in [5.74, 6) is -0.269. The molecule has 1 amide bonds. The SMILES string of the molecule is O=C(NC(NC(=S)N1CCOCC1)C(Cl)Cl)c1ccccc1. The molecule has 0 saturated carbocycles. The highest BCUT2D eigenvalue weighted by atomic mass is 35.5. The number of carbonyl (C=O) groups excluding carboxylic acids is 1. The second-order valence-electron chi connectivity index (χ2n) is 4.70. The smallest absolute Gasteiger partial charge is 0.252 e. The van der Waals surface area contributed by atoms with Crippen molar-refractivity contribution in [1.82, 2.24) is 15.5 Å². The molecule has 1 aromatic carbocycles. The number of thiocarbonyl (C=S) groups is 1. The van der Waals surface area contributed by atoms with Gasteiger partial charge in [-0.05, 0) is 24.4 Å². The van der Waals surface area contributed by atoms with E-state index < -0.39 is 11.0 Å². The van der Waals surface area contributed by atoms with Gasteiger partial charge in [0, 0.05) is 18.7 Å². The van der Waals surface area contributed by atoms with Gasteiger partial charge in [-0.2, -0.15) is 0 Å². The van der Waals surface area contributed by atoms with Gasteiger partial charge in [-0.15, -0.1) is 23.2 Å². The molecule has 1 aromatic rings. The molecule has 1 saturated heterocycles. The first-order valence-corrected chi connectivity index (χ1v) is 8.13. The third kappa shape index (κ3) is 4.98. The maximum atomic E-state index is 12.2. The van der Waals surface area contributed by atoms with Gasteiger partial charge in [-0.1, -0.05) is 18.2 Å². The lowest BCUT2D eigenvalue weighted by molar-refractivity contribution is 0.0671. The van der Waals surface area contributed by atoms with E-state index in [1.54, 1.807) is 24.3 Å². The molecule has 1 fully saturated rings. The van der Waals surface area contributed by atoms with Gasteiger partial charge >= 0.3 is 0 Å². The first-order chi connectivity index (χ1) is 10.6. The second kappa shape index (κ2) is 8.53. The zero-order valence-corrected chi connectivity index (χ0v) is 14.1. The predicted molar refractivity (Wildman–Crippen MR) is 91.3 cm³/mol. The number of nitrogens with zero attached hydrogens (tertiary/aromatic N) is 1. The minimum atomic E-state index is -0.841. The normalized spacial score (nSPS) is 16.2. The first kappa shape index (κ1) is 17.3. The highest BCUT2D eigenvalue weighted by Crippen LogP contribution is 2.09. The van der Waals surface area contributed by atoms with E-state index in [1.165, 1.54) is 0 Å². The van der Waals surface area contributed by atoms with Crippen LogP contribution in [0.5, 0.6) is 0 Å². The van der Waals surface area contributed by atoms with E-state index in [9.17, 15) is 4.79 Å². The molecule has 1 aliphatic rings. The van der Waals surface area contributed by atoms with Crippen LogP contribution < -0.4 is 10.6 Å². The number of rotatable bonds is 4. The van der Waals surface area contributed by atoms with Crippen molar-refractivity contribution in [3.8, 4) is 0 Å². The van der Waals surface area contributed by atoms with Crippen LogP contribution in [0.25, 0.3) is 0 Å². The fourth-order valence-electron chi connectivity index (χ4n) is 1.97. The Morgan fingerprint density at radius 2 is 1.82 bits per heavy atom. The molecule has 8 heteroatoms. The van der Waals surface area contributed by atoms with E-state index in [-0.39, 0.29) is 5.91 Å². The maximum Gasteiger partial charge on any atom is 0.252 e. The van der Waals surface area contributed by atoms with Crippen LogP contribution in [0.3, 0.4) is 0 Å². The highest BCUT2D eigenvalue weighted by Gasteiger charge is 2.23. The first-order valence-electron chi connectivity index (χ1n) is 6.85. The van der Waals surface area contributed by atoms with Crippen LogP contribution in [-0.2, 0) is 4.74 Å². The topological polar surface area (TPSA) is 53.6 Å². The van der Waals surface area contributed by atoms with Gasteiger partial charge in [0.05, 0.1) is 13.2 Å². The van der Waals surface area contributed by atoms with Crippen molar-refractivity contribution in [3.63, 3.8) is 0 Å². The minimum Gasteiger partial charge on any atom is -0.378 e. The molecule has 0 radical (unpaired) electrons. The third-order valence-corrected chi connectivity index (χ3v) is 4.03. The molecule has 1 unspecified atom stereocenters. The summed E-state index contributed by atoms with van der Waals surface area (Å²) in [5, 5.41) is 6.23. The molecule has 22 heavy (non-hydrogen) atoms. The van der Waals surface area contributed by atoms with E-state index in [2.05, 4.69) is 10.6 Å². The van der Waals surface area contributed by atoms with Crippen LogP contribution in [0.2, 0.25) is 0 Å². The molecule has 1 aliphatic heterocycles. The Bertz CT molecular complexity index is 510. The van der Waals surface area contributed by atoms with Crippen molar-refractivity contribution < 1.29 is 9.53 Å². The fourth-order valence-corrected chi connectivity index (χ4v) is 2.53. The number of ether oxygens (including phenoxy) is 1. The number of nitrogens with one attached hydrogen (secondary N) is 2. The van der Waals surface area contributed by atoms with Crippen LogP contribution in [0, 0.1) is 0 Å². The molecule has 0 bridgehead atoms. The number of carbonyl (C=O) groups is 1. The average molecular weight is 362 g/mol. The summed E-state index contributed by atoms with van der Waals surface area (Å²) in [5.41, 5.74) is 0.528. The molecule has 0 aliphatic carbocycles. The van der Waals surface area contributed by atoms with Crippen molar-refractivity contribution in [2.24, 2.45) is 0 Å². The summed E-state index contributed by atoms with van der Waals surface area (Å²) in [6.07, 6.45) is -0.675. The minimum absolute atomic E-state index is 0.269. The number of amides is 1. The van der Waals surface area contributed by atoms with Gasteiger partial charge in [-0.3, -0.25) is 4.79 Å². The van der Waals surface area contributed by atoms with Gasteiger partial charge in [0.1, 0.15) is 11.0 Å². The molecule has 1 atom stereocenters. The quantitative estimate of drug-likeness (QED) is 0.486. The van der Waals surface area contributed by atoms with Crippen LogP contribution >= 0.6 is 35.4 Å². The van der Waals surface area contributed by atoms with Crippen LogP contribution in [-0.4, -0.2) is 53.2 Å². The summed E-state index contributed by atoms with van der Waals surface area (Å²) >= 11 is 17.2. The molecule has 5 nitrogen and oxygen atoms in total. The van der Waals surface area contributed by atoms with E-state index in [1.807, 2.05) is 11.0 Å². The number of hydrogen-bond acceptors (Lipinski definition) is 3. The maximum absolute atomic E-state index is 12.2. The van der Waals surface area contributed by atoms with Crippen LogP contribution in [0.4, 0.5) is 0 Å². The van der Waals surface area contributed by atoms with Crippen molar-refractivity contribution in [2.45, 2.75) is 11.0 Å². The lowest BCUT2D eigenvalue weighted by Gasteiger charge is -2.32. The van der Waals surface area contributed by atoms with Crippen LogP contribution in [0.1, 0.15) is 10.4 Å². The number of alkyl halides is 2. The zero-order chi connectivity index (χ0) is 15.9. The van der Waals surface area contributed by atoms with Gasteiger partial charge in [0.25, 0.3) is 5.91 Å². The summed E-state index contributed by atoms with van der Waals surface area (Å²) < 4.78 is 5.27. The average Bonchev–Trinajstić information content (AvgIpc) is 2.55. The van der Waals surface area contributed by atoms with Crippen molar-refractivity contribution in [2.75, 3.05) is 26.3 Å². The van der Waals surface area contributed by atoms with Gasteiger partial charge in [-0.25, -0.2) is 0 Å². The van der Waals surface area contributed by atoms with Crippen molar-refractivity contribution in [3.05, 3.63) is 35.9 Å². The standard InChI is InChI=1S/C14H17Cl2N3O2S/c15-11(16)12(17-13(20)10-4-2-1-3-5-10)18-14(22)19-6-8-21-9-7-19/h1-5,11-12H,6-9H2,(H,17,20)(H,18,22). The lowest BCUT2D eigenvalue weighted by Crippen LogP contribution is -2.56. The highest BCUT2D eigenvalue weighted by molar-refractivity contribution is 7.80. The Hall–Kier alpha value is -1.08. The molecule has 120 valence electrons. The number of halogens is 2. The predicted octanol–water partition coefficient (Wildman–Crippen LogP) is 1.75. The van der Waals surface area contributed by atoms with Gasteiger partial charge in [0.2, 0.25) is 0 Å². The third-order valence-electron chi connectivity index (χ3n) is 3.15. The molecular formula is C14H17Cl2N3O2S. The summed E-state index contributed by atoms with van der Waals surface area (Å²) in [7, 11) is 0. The molecule has 0 spiro atoms. The fraction of sp³-hybridized carbons (Fsp3) is 0.429. The van der Waals surface area contributed by atoms with E-state index in [0.717, 1.165) is 0 Å². The monoisotopic (exact) mass is 361 g/mol. The number of benzene rings is 1. The summed E-state index contributed by atoms with van der Waals surface area (Å²) in [4.78, 5) is 13.3. The van der Waals surface area contributed by atoms with Crippen molar-refractivity contribution >= 4 is 46.4 Å². The molecule has 2 N–H and O–H groups in total. The Labute approximate surface area is 144 Å². The molecule has 1 heterocycles. The number of hydrogen-bond donors (Lipinski definition) is 2. The number of morpholine rings is 1. The molecule has 2 rings (SSSR count). The van der Waals surface area contributed by atoms with E-state index in [4.69, 9.17) is 40.2 Å². The Morgan fingerprint density at radius 1 is 1.18 bits per heavy atom. The molecule has 0 aromatic heterocycles. The van der Waals surface area contributed by atoms with Gasteiger partial charge < -0.3 is 20.3 Å². The summed E-state index contributed by atoms with van der Waals surface area (Å²) in [6, 6.07) is 8.84. The zero-order valence-electron chi connectivity index (χ0n) is 11.8. The Kier molecular flexibility index (Phi) is 6.70. The van der Waals surface area contributed by atoms with Gasteiger partial charge in [0.15, 0.2) is 5.11 Å². The Morgan fingerprint density at radius 3 is 2.41 bits per heavy atom. The van der Waals surface area contributed by atoms with E-state index >= 15 is 0 Å². The molecular weight excluding hydrogens is 345 g/mol. The Balaban J connectivity index is 1.94. The second-order valence-corrected chi connectivity index (χ2v) is 6.25. The largest absolute Gasteiger partial charge is 0.378 e.